The SMILES string of the molecule is CC1(C)c2ccccc2-c2cc(N(c3ccccc3)c3cc(N(c4ccccc4)c4ccc5c(c4)C(C)(C)c4ccccc4-5)cc4c3c3ccccc3n4-c3ccc(-c4ccccc4)cc3)ccc21.c1ccc(-c2ccc(-n3c4ccccc4c4c(N(c5ccccc5)c5ccc6oc7ccccc7c6c5)cc(N(c5ccccc5)c5ccc6c(c5)oc5ccccc56)cc43)cc2)cc1. The van der Waals surface area contributed by atoms with Crippen LogP contribution in [0.2, 0.25) is 0 Å². The first-order chi connectivity index (χ1) is 66.0. The summed E-state index contributed by atoms with van der Waals surface area (Å²) in [6, 6.07) is 172. The van der Waals surface area contributed by atoms with Crippen molar-refractivity contribution in [3.63, 3.8) is 0 Å². The topological polar surface area (TPSA) is 49.1 Å². The Hall–Kier alpha value is -17.2. The summed E-state index contributed by atoms with van der Waals surface area (Å²) in [5.41, 5.74) is 37.9. The Labute approximate surface area is 777 Å². The molecule has 0 bridgehead atoms. The van der Waals surface area contributed by atoms with Crippen LogP contribution in [-0.2, 0) is 10.8 Å². The highest BCUT2D eigenvalue weighted by Gasteiger charge is 2.39. The van der Waals surface area contributed by atoms with E-state index in [1.807, 2.05) is 24.3 Å². The second-order valence-corrected chi connectivity index (χ2v) is 36.3. The molecule has 20 aromatic carbocycles. The van der Waals surface area contributed by atoms with Crippen molar-refractivity contribution in [2.45, 2.75) is 38.5 Å². The Bertz CT molecular complexity index is 8680. The standard InChI is InChI=1S/C66H51N3.C60H39N3O2/c1-65(2)58-30-18-15-27-53(58)56-40-49(37-39-59(56)65)68(47-24-12-7-13-25-47)62-42-51(67(46-22-10-6-11-23-46)50-36-38-54-52-26-14-17-29-57(52)66(3,4)60(54)41-50)43-63-64(62)55-28-16-19-31-61(55)69(63)48-34-32-45(33-35-48)44-20-8-5-9-21-44;1-4-16-40(17-5-1)41-28-30-44(31-29-41)63-53-25-13-10-24-51(53)60-54(62(43-20-8-3-9-21-43)45-33-35-58-52(36-45)49-23-12-15-27-57(49)64-58)37-47(38-55(60)63)61(42-18-6-2-7-19-42)46-32-34-50-48-22-11-14-26-56(48)65-59(50)39-46/h5-43H,1-4H3;1-39H. The van der Waals surface area contributed by atoms with E-state index in [4.69, 9.17) is 8.83 Å². The summed E-state index contributed by atoms with van der Waals surface area (Å²) in [7, 11) is 0. The van der Waals surface area contributed by atoms with E-state index in [-0.39, 0.29) is 10.8 Å². The number of aromatic nitrogens is 2. The van der Waals surface area contributed by atoms with Gasteiger partial charge in [-0.25, -0.2) is 0 Å². The lowest BCUT2D eigenvalue weighted by Crippen LogP contribution is -2.17. The Morgan fingerprint density at radius 3 is 1.03 bits per heavy atom. The normalized spacial score (nSPS) is 12.7. The van der Waals surface area contributed by atoms with E-state index in [2.05, 4.69) is 505 Å². The van der Waals surface area contributed by atoms with E-state index >= 15 is 0 Å². The number of hydrogen-bond acceptors (Lipinski definition) is 6. The highest BCUT2D eigenvalue weighted by molar-refractivity contribution is 6.21. The molecule has 0 saturated heterocycles. The summed E-state index contributed by atoms with van der Waals surface area (Å²) in [5, 5.41) is 9.02. The van der Waals surface area contributed by atoms with Gasteiger partial charge < -0.3 is 37.6 Å². The summed E-state index contributed by atoms with van der Waals surface area (Å²) in [5.74, 6) is 0. The fourth-order valence-corrected chi connectivity index (χ4v) is 21.6. The minimum Gasteiger partial charge on any atom is -0.456 e. The Kier molecular flexibility index (Phi) is 18.8. The van der Waals surface area contributed by atoms with Gasteiger partial charge in [-0.05, 0) is 243 Å². The molecule has 134 heavy (non-hydrogen) atoms. The van der Waals surface area contributed by atoms with Crippen molar-refractivity contribution in [1.29, 1.82) is 0 Å². The van der Waals surface area contributed by atoms with Crippen LogP contribution >= 0.6 is 0 Å². The molecule has 0 fully saturated rings. The third-order valence-corrected chi connectivity index (χ3v) is 27.9. The molecule has 24 aromatic rings. The highest BCUT2D eigenvalue weighted by Crippen LogP contribution is 2.57. The third-order valence-electron chi connectivity index (χ3n) is 27.9. The molecule has 0 aliphatic heterocycles. The summed E-state index contributed by atoms with van der Waals surface area (Å²) in [6.45, 7) is 9.46. The van der Waals surface area contributed by atoms with Crippen molar-refractivity contribution >= 4 is 156 Å². The van der Waals surface area contributed by atoms with Gasteiger partial charge in [-0.3, -0.25) is 0 Å². The summed E-state index contributed by atoms with van der Waals surface area (Å²) in [4.78, 5) is 9.73. The van der Waals surface area contributed by atoms with Crippen LogP contribution in [0.3, 0.4) is 0 Å². The smallest absolute Gasteiger partial charge is 0.137 e. The highest BCUT2D eigenvalue weighted by atomic mass is 16.3. The number of para-hydroxylation sites is 8. The number of anilines is 12. The van der Waals surface area contributed by atoms with Crippen molar-refractivity contribution in [2.24, 2.45) is 0 Å². The lowest BCUT2D eigenvalue weighted by molar-refractivity contribution is 0.660. The van der Waals surface area contributed by atoms with Gasteiger partial charge in [0.2, 0.25) is 0 Å². The van der Waals surface area contributed by atoms with Gasteiger partial charge in [0.25, 0.3) is 0 Å². The molecule has 2 aliphatic rings. The predicted octanol–water partition coefficient (Wildman–Crippen LogP) is 35.2. The van der Waals surface area contributed by atoms with Crippen molar-refractivity contribution < 1.29 is 8.83 Å². The molecule has 0 spiro atoms. The zero-order chi connectivity index (χ0) is 89.3. The average molecular weight is 1720 g/mol. The van der Waals surface area contributed by atoms with E-state index < -0.39 is 0 Å². The van der Waals surface area contributed by atoms with Gasteiger partial charge in [-0.15, -0.1) is 0 Å². The van der Waals surface area contributed by atoms with Crippen LogP contribution in [0.4, 0.5) is 68.2 Å². The van der Waals surface area contributed by atoms with Crippen LogP contribution in [0.5, 0.6) is 0 Å². The van der Waals surface area contributed by atoms with Gasteiger partial charge in [-0.2, -0.15) is 0 Å². The van der Waals surface area contributed by atoms with Crippen LogP contribution < -0.4 is 19.6 Å². The van der Waals surface area contributed by atoms with Gasteiger partial charge >= 0.3 is 0 Å². The maximum atomic E-state index is 6.53. The molecular weight excluding hydrogens is 1630 g/mol. The molecule has 0 saturated carbocycles. The average Bonchev–Trinajstić information content (AvgIpc) is 1.57. The number of benzene rings is 20. The molecular formula is C126H90N6O2. The fraction of sp³-hybridized carbons (Fsp3) is 0.0476. The fourth-order valence-electron chi connectivity index (χ4n) is 21.6. The number of hydrogen-bond donors (Lipinski definition) is 0. The first kappa shape index (κ1) is 79.0. The first-order valence-electron chi connectivity index (χ1n) is 46.2. The lowest BCUT2D eigenvalue weighted by atomic mass is 9.82. The predicted molar refractivity (Wildman–Crippen MR) is 561 cm³/mol. The summed E-state index contributed by atoms with van der Waals surface area (Å²) in [6.07, 6.45) is 0. The number of rotatable bonds is 16. The third kappa shape index (κ3) is 13.1. The quantitative estimate of drug-likeness (QED) is 0.0961. The molecule has 26 rings (SSSR count). The van der Waals surface area contributed by atoms with E-state index in [0.29, 0.717) is 0 Å². The van der Waals surface area contributed by atoms with Gasteiger partial charge in [0.15, 0.2) is 0 Å². The number of nitrogens with zero attached hydrogens (tertiary/aromatic N) is 6. The van der Waals surface area contributed by atoms with E-state index in [0.717, 1.165) is 156 Å². The molecule has 0 atom stereocenters. The van der Waals surface area contributed by atoms with E-state index in [9.17, 15) is 0 Å². The van der Waals surface area contributed by atoms with Crippen molar-refractivity contribution in [1.82, 2.24) is 9.13 Å². The second-order valence-electron chi connectivity index (χ2n) is 36.3. The lowest BCUT2D eigenvalue weighted by Gasteiger charge is -2.31. The molecule has 8 nitrogen and oxygen atoms in total. The zero-order valence-corrected chi connectivity index (χ0v) is 74.5. The summed E-state index contributed by atoms with van der Waals surface area (Å²) >= 11 is 0. The van der Waals surface area contributed by atoms with Crippen molar-refractivity contribution in [3.05, 3.63) is 495 Å². The van der Waals surface area contributed by atoms with Crippen LogP contribution in [0.25, 0.3) is 143 Å². The minimum absolute atomic E-state index is 0.110. The Balaban J connectivity index is 0.000000144. The molecule has 4 heterocycles. The molecule has 0 N–H and O–H groups in total. The Morgan fingerprint density at radius 1 is 0.187 bits per heavy atom. The van der Waals surface area contributed by atoms with Gasteiger partial charge in [-0.1, -0.05) is 319 Å². The molecule has 0 unspecified atom stereocenters. The molecule has 2 aliphatic carbocycles. The van der Waals surface area contributed by atoms with Gasteiger partial charge in [0, 0.05) is 117 Å². The molecule has 636 valence electrons. The number of fused-ring (bicyclic) bond motifs is 18. The van der Waals surface area contributed by atoms with E-state index in [1.54, 1.807) is 0 Å². The largest absolute Gasteiger partial charge is 0.456 e. The molecule has 8 heteroatoms. The number of furan rings is 2. The zero-order valence-electron chi connectivity index (χ0n) is 74.5. The minimum atomic E-state index is -0.164. The first-order valence-corrected chi connectivity index (χ1v) is 46.2. The molecule has 0 amide bonds. The maximum Gasteiger partial charge on any atom is 0.137 e. The van der Waals surface area contributed by atoms with Crippen LogP contribution in [0.1, 0.15) is 49.9 Å². The van der Waals surface area contributed by atoms with Crippen molar-refractivity contribution in [2.75, 3.05) is 19.6 Å². The molecule has 4 aromatic heterocycles. The monoisotopic (exact) mass is 1720 g/mol. The second kappa shape index (κ2) is 31.9. The van der Waals surface area contributed by atoms with Crippen LogP contribution in [-0.4, -0.2) is 9.13 Å². The van der Waals surface area contributed by atoms with Gasteiger partial charge in [0.1, 0.15) is 22.3 Å². The summed E-state index contributed by atoms with van der Waals surface area (Å²) < 4.78 is 17.8. The Morgan fingerprint density at radius 2 is 0.522 bits per heavy atom. The van der Waals surface area contributed by atoms with Gasteiger partial charge in [0.05, 0.1) is 44.8 Å². The van der Waals surface area contributed by atoms with Crippen molar-refractivity contribution in [3.8, 4) is 55.9 Å². The molecule has 0 radical (unpaired) electrons. The van der Waals surface area contributed by atoms with E-state index in [1.165, 1.54) is 77.5 Å². The van der Waals surface area contributed by atoms with Crippen LogP contribution in [0.15, 0.2) is 482 Å². The van der Waals surface area contributed by atoms with Crippen LogP contribution in [0, 0.1) is 0 Å². The maximum absolute atomic E-state index is 6.53.